The van der Waals surface area contributed by atoms with E-state index in [9.17, 15) is 14.7 Å². The molecule has 0 spiro atoms. The molecule has 0 unspecified atom stereocenters. The summed E-state index contributed by atoms with van der Waals surface area (Å²) in [7, 11) is 0. The maximum Gasteiger partial charge on any atom is 0.355 e. The van der Waals surface area contributed by atoms with Crippen LogP contribution in [0.1, 0.15) is 84.9 Å². The van der Waals surface area contributed by atoms with Crippen molar-refractivity contribution in [3.63, 3.8) is 0 Å². The van der Waals surface area contributed by atoms with E-state index < -0.39 is 5.97 Å². The van der Waals surface area contributed by atoms with Crippen LogP contribution in [0.5, 0.6) is 0 Å². The molecule has 3 rings (SSSR count). The summed E-state index contributed by atoms with van der Waals surface area (Å²) in [6, 6.07) is 11.2. The van der Waals surface area contributed by atoms with E-state index in [1.807, 2.05) is 28.9 Å². The van der Waals surface area contributed by atoms with Crippen LogP contribution in [0.25, 0.3) is 11.1 Å². The standard InChI is InChI=1S/C25H30N4O3/c1-3-5-7-16-29-22(27-24(28-29)21(30)10-6-4-2)17-18-11-13-19(14-12-18)20-9-8-15-26-23(20)25(31)32/h8-9,11-15H,3-7,10,16-17H2,1-2H3,(H,31,32). The van der Waals surface area contributed by atoms with E-state index in [0.29, 0.717) is 24.2 Å². The maximum absolute atomic E-state index is 12.4. The Kier molecular flexibility index (Phi) is 8.25. The fraction of sp³-hybridized carbons (Fsp3) is 0.400. The zero-order valence-electron chi connectivity index (χ0n) is 18.8. The SMILES string of the molecule is CCCCCn1nc(C(=O)CCCC)nc1Cc1ccc(-c2cccnc2C(=O)O)cc1. The number of Topliss-reactive ketones (excluding diaryl/α,β-unsaturated/α-hetero) is 1. The maximum atomic E-state index is 12.4. The fourth-order valence-electron chi connectivity index (χ4n) is 3.56. The minimum Gasteiger partial charge on any atom is -0.476 e. The molecule has 2 heterocycles. The van der Waals surface area contributed by atoms with Crippen molar-refractivity contribution in [2.75, 3.05) is 0 Å². The molecule has 7 heteroatoms. The van der Waals surface area contributed by atoms with Crippen molar-refractivity contribution in [3.05, 3.63) is 65.5 Å². The molecule has 1 aromatic carbocycles. The highest BCUT2D eigenvalue weighted by Gasteiger charge is 2.17. The summed E-state index contributed by atoms with van der Waals surface area (Å²) in [5.41, 5.74) is 2.43. The highest BCUT2D eigenvalue weighted by molar-refractivity contribution is 5.94. The number of aromatic nitrogens is 4. The van der Waals surface area contributed by atoms with Crippen molar-refractivity contribution in [1.82, 2.24) is 19.7 Å². The molecule has 1 N–H and O–H groups in total. The highest BCUT2D eigenvalue weighted by atomic mass is 16.4. The highest BCUT2D eigenvalue weighted by Crippen LogP contribution is 2.23. The Morgan fingerprint density at radius 1 is 1.00 bits per heavy atom. The van der Waals surface area contributed by atoms with Gasteiger partial charge in [-0.1, -0.05) is 63.4 Å². The predicted molar refractivity (Wildman–Crippen MR) is 123 cm³/mol. The van der Waals surface area contributed by atoms with Gasteiger partial charge in [-0.25, -0.2) is 19.4 Å². The van der Waals surface area contributed by atoms with Gasteiger partial charge in [0, 0.05) is 31.1 Å². The third-order valence-electron chi connectivity index (χ3n) is 5.37. The number of hydrogen-bond acceptors (Lipinski definition) is 5. The first-order chi connectivity index (χ1) is 15.5. The Balaban J connectivity index is 1.82. The number of ketones is 1. The van der Waals surface area contributed by atoms with Crippen LogP contribution < -0.4 is 0 Å². The third kappa shape index (κ3) is 5.87. The molecule has 2 aromatic heterocycles. The van der Waals surface area contributed by atoms with E-state index in [-0.39, 0.29) is 11.5 Å². The van der Waals surface area contributed by atoms with E-state index >= 15 is 0 Å². The van der Waals surface area contributed by atoms with Crippen LogP contribution in [0.3, 0.4) is 0 Å². The lowest BCUT2D eigenvalue weighted by atomic mass is 10.0. The zero-order chi connectivity index (χ0) is 22.9. The number of carboxylic acid groups (broad SMARTS) is 1. The quantitative estimate of drug-likeness (QED) is 0.311. The molecule has 0 aliphatic carbocycles. The van der Waals surface area contributed by atoms with Gasteiger partial charge in [-0.3, -0.25) is 4.79 Å². The van der Waals surface area contributed by atoms with Crippen LogP contribution >= 0.6 is 0 Å². The van der Waals surface area contributed by atoms with Crippen LogP contribution in [-0.2, 0) is 13.0 Å². The normalized spacial score (nSPS) is 10.9. The van der Waals surface area contributed by atoms with E-state index in [1.165, 1.54) is 6.20 Å². The van der Waals surface area contributed by atoms with E-state index in [0.717, 1.165) is 55.6 Å². The first-order valence-electron chi connectivity index (χ1n) is 11.3. The van der Waals surface area contributed by atoms with E-state index in [1.54, 1.807) is 12.1 Å². The number of aromatic carboxylic acids is 1. The van der Waals surface area contributed by atoms with Gasteiger partial charge in [0.05, 0.1) is 0 Å². The summed E-state index contributed by atoms with van der Waals surface area (Å²) in [6.45, 7) is 4.96. The Hall–Kier alpha value is -3.35. The van der Waals surface area contributed by atoms with Gasteiger partial charge in [-0.05, 0) is 30.0 Å². The third-order valence-corrected chi connectivity index (χ3v) is 5.37. The predicted octanol–water partition coefficient (Wildman–Crippen LogP) is 5.19. The molecule has 0 bridgehead atoms. The van der Waals surface area contributed by atoms with Gasteiger partial charge in [-0.15, -0.1) is 5.10 Å². The lowest BCUT2D eigenvalue weighted by Gasteiger charge is -2.08. The van der Waals surface area contributed by atoms with Gasteiger partial charge >= 0.3 is 5.97 Å². The smallest absolute Gasteiger partial charge is 0.355 e. The zero-order valence-corrected chi connectivity index (χ0v) is 18.8. The van der Waals surface area contributed by atoms with Crippen molar-refractivity contribution >= 4 is 11.8 Å². The number of hydrogen-bond donors (Lipinski definition) is 1. The number of carboxylic acids is 1. The van der Waals surface area contributed by atoms with Crippen molar-refractivity contribution in [3.8, 4) is 11.1 Å². The minimum absolute atomic E-state index is 0.00420. The Labute approximate surface area is 188 Å². The van der Waals surface area contributed by atoms with Gasteiger partial charge in [0.15, 0.2) is 5.69 Å². The second-order valence-electron chi connectivity index (χ2n) is 7.89. The summed E-state index contributed by atoms with van der Waals surface area (Å²) in [6.07, 6.45) is 7.51. The topological polar surface area (TPSA) is 98.0 Å². The number of carbonyl (C=O) groups is 2. The number of unbranched alkanes of at least 4 members (excludes halogenated alkanes) is 3. The number of benzene rings is 1. The minimum atomic E-state index is -1.05. The molecule has 0 aliphatic heterocycles. The average molecular weight is 435 g/mol. The van der Waals surface area contributed by atoms with Crippen LogP contribution in [0.2, 0.25) is 0 Å². The molecule has 0 amide bonds. The van der Waals surface area contributed by atoms with Gasteiger partial charge in [-0.2, -0.15) is 0 Å². The second-order valence-corrected chi connectivity index (χ2v) is 7.89. The van der Waals surface area contributed by atoms with Crippen LogP contribution in [0.15, 0.2) is 42.6 Å². The van der Waals surface area contributed by atoms with Crippen LogP contribution in [0.4, 0.5) is 0 Å². The number of rotatable bonds is 12. The molecule has 0 saturated carbocycles. The molecule has 0 aliphatic rings. The molecule has 168 valence electrons. The molecule has 7 nitrogen and oxygen atoms in total. The Morgan fingerprint density at radius 3 is 2.44 bits per heavy atom. The summed E-state index contributed by atoms with van der Waals surface area (Å²) in [5, 5.41) is 13.9. The first-order valence-corrected chi connectivity index (χ1v) is 11.3. The van der Waals surface area contributed by atoms with Crippen molar-refractivity contribution in [2.45, 2.75) is 65.3 Å². The van der Waals surface area contributed by atoms with Crippen molar-refractivity contribution in [1.29, 1.82) is 0 Å². The molecule has 32 heavy (non-hydrogen) atoms. The molecular weight excluding hydrogens is 404 g/mol. The molecular formula is C25H30N4O3. The van der Waals surface area contributed by atoms with E-state index in [2.05, 4.69) is 28.9 Å². The van der Waals surface area contributed by atoms with Gasteiger partial charge in [0.1, 0.15) is 5.82 Å². The summed E-state index contributed by atoms with van der Waals surface area (Å²) >= 11 is 0. The molecule has 0 atom stereocenters. The first kappa shape index (κ1) is 23.3. The fourth-order valence-corrected chi connectivity index (χ4v) is 3.56. The van der Waals surface area contributed by atoms with Crippen LogP contribution in [-0.4, -0.2) is 36.6 Å². The van der Waals surface area contributed by atoms with Crippen molar-refractivity contribution < 1.29 is 14.7 Å². The number of pyridine rings is 1. The van der Waals surface area contributed by atoms with Crippen LogP contribution in [0, 0.1) is 0 Å². The summed E-state index contributed by atoms with van der Waals surface area (Å²) < 4.78 is 1.87. The largest absolute Gasteiger partial charge is 0.476 e. The molecule has 0 saturated heterocycles. The number of aryl methyl sites for hydroxylation is 1. The summed E-state index contributed by atoms with van der Waals surface area (Å²) in [4.78, 5) is 32.5. The average Bonchev–Trinajstić information content (AvgIpc) is 3.20. The molecule has 0 fully saturated rings. The lowest BCUT2D eigenvalue weighted by molar-refractivity contribution is 0.0691. The second kappa shape index (κ2) is 11.3. The Morgan fingerprint density at radius 2 is 1.75 bits per heavy atom. The number of nitrogens with zero attached hydrogens (tertiary/aromatic N) is 4. The summed E-state index contributed by atoms with van der Waals surface area (Å²) in [5.74, 6) is 0.0323. The lowest BCUT2D eigenvalue weighted by Crippen LogP contribution is -2.07. The Bertz CT molecular complexity index is 1060. The monoisotopic (exact) mass is 434 g/mol. The van der Waals surface area contributed by atoms with Crippen molar-refractivity contribution in [2.24, 2.45) is 0 Å². The number of carbonyl (C=O) groups excluding carboxylic acids is 1. The van der Waals surface area contributed by atoms with Gasteiger partial charge in [0.25, 0.3) is 0 Å². The van der Waals surface area contributed by atoms with Gasteiger partial charge in [0.2, 0.25) is 11.6 Å². The van der Waals surface area contributed by atoms with Gasteiger partial charge < -0.3 is 5.11 Å². The van der Waals surface area contributed by atoms with E-state index in [4.69, 9.17) is 0 Å². The molecule has 3 aromatic rings. The molecule has 0 radical (unpaired) electrons.